The van der Waals surface area contributed by atoms with E-state index in [1.807, 2.05) is 56.3 Å². The average Bonchev–Trinajstić information content (AvgIpc) is 2.68. The molecule has 0 aliphatic carbocycles. The summed E-state index contributed by atoms with van der Waals surface area (Å²) in [5.74, 6) is 1.36. The molecule has 2 aromatic carbocycles. The Kier molecular flexibility index (Phi) is 5.14. The van der Waals surface area contributed by atoms with Crippen LogP contribution in [-0.2, 0) is 0 Å². The highest BCUT2D eigenvalue weighted by Crippen LogP contribution is 2.29. The second-order valence-electron chi connectivity index (χ2n) is 6.17. The molecule has 1 heterocycles. The summed E-state index contributed by atoms with van der Waals surface area (Å²) in [5, 5.41) is 12.7. The molecule has 0 saturated heterocycles. The van der Waals surface area contributed by atoms with Gasteiger partial charge in [0.15, 0.2) is 5.82 Å². The number of hydrogen-bond donors (Lipinski definition) is 1. The lowest BCUT2D eigenvalue weighted by Gasteiger charge is -2.12. The number of anilines is 1. The van der Waals surface area contributed by atoms with Gasteiger partial charge in [0, 0.05) is 35.1 Å². The molecule has 5 nitrogen and oxygen atoms in total. The number of nitrogens with one attached hydrogen (secondary N) is 1. The summed E-state index contributed by atoms with van der Waals surface area (Å²) in [4.78, 5) is 8.94. The number of benzene rings is 2. The number of para-hydroxylation sites is 1. The largest absolute Gasteiger partial charge is 0.496 e. The van der Waals surface area contributed by atoms with Gasteiger partial charge in [0.1, 0.15) is 11.8 Å². The fourth-order valence-corrected chi connectivity index (χ4v) is 2.71. The molecule has 0 unspecified atom stereocenters. The predicted octanol–water partition coefficient (Wildman–Crippen LogP) is 4.51. The van der Waals surface area contributed by atoms with Gasteiger partial charge in [-0.05, 0) is 38.1 Å². The molecule has 0 radical (unpaired) electrons. The molecule has 0 bridgehead atoms. The van der Waals surface area contributed by atoms with E-state index in [2.05, 4.69) is 21.4 Å². The number of ether oxygens (including phenoxy) is 1. The minimum atomic E-state index is 0.254. The summed E-state index contributed by atoms with van der Waals surface area (Å²) in [7, 11) is 1.64. The Balaban J connectivity index is 1.93. The van der Waals surface area contributed by atoms with E-state index in [4.69, 9.17) is 4.74 Å². The van der Waals surface area contributed by atoms with E-state index in [0.29, 0.717) is 11.4 Å². The zero-order chi connectivity index (χ0) is 18.5. The normalized spacial score (nSPS) is 10.4. The third-order valence-corrected chi connectivity index (χ3v) is 3.91. The minimum Gasteiger partial charge on any atom is -0.496 e. The van der Waals surface area contributed by atoms with Crippen molar-refractivity contribution in [3.05, 3.63) is 60.4 Å². The van der Waals surface area contributed by atoms with Crippen LogP contribution in [0.1, 0.15) is 19.4 Å². The van der Waals surface area contributed by atoms with Crippen LogP contribution in [0.3, 0.4) is 0 Å². The van der Waals surface area contributed by atoms with E-state index in [9.17, 15) is 5.26 Å². The molecule has 0 amide bonds. The maximum atomic E-state index is 9.41. The highest BCUT2D eigenvalue weighted by molar-refractivity contribution is 5.71. The smallest absolute Gasteiger partial charge is 0.159 e. The maximum Gasteiger partial charge on any atom is 0.159 e. The van der Waals surface area contributed by atoms with Crippen molar-refractivity contribution in [2.24, 2.45) is 0 Å². The third kappa shape index (κ3) is 3.65. The van der Waals surface area contributed by atoms with Crippen LogP contribution < -0.4 is 10.1 Å². The topological polar surface area (TPSA) is 70.8 Å². The van der Waals surface area contributed by atoms with Crippen LogP contribution in [-0.4, -0.2) is 23.1 Å². The molecule has 3 rings (SSSR count). The Hall–Kier alpha value is -3.39. The molecule has 3 aromatic rings. The molecule has 0 atom stereocenters. The van der Waals surface area contributed by atoms with E-state index in [1.165, 1.54) is 0 Å². The molecule has 0 fully saturated rings. The summed E-state index contributed by atoms with van der Waals surface area (Å²) in [6.45, 7) is 4.07. The fraction of sp³-hybridized carbons (Fsp3) is 0.190. The summed E-state index contributed by atoms with van der Waals surface area (Å²) < 4.78 is 5.39. The first-order chi connectivity index (χ1) is 12.6. The molecule has 0 aliphatic heterocycles. The van der Waals surface area contributed by atoms with Crippen molar-refractivity contribution in [1.29, 1.82) is 5.26 Å². The fourth-order valence-electron chi connectivity index (χ4n) is 2.71. The number of nitrogens with zero attached hydrogens (tertiary/aromatic N) is 3. The first-order valence-electron chi connectivity index (χ1n) is 8.39. The van der Waals surface area contributed by atoms with Crippen LogP contribution in [0.4, 0.5) is 5.69 Å². The quantitative estimate of drug-likeness (QED) is 0.737. The lowest BCUT2D eigenvalue weighted by molar-refractivity contribution is 0.416. The lowest BCUT2D eigenvalue weighted by atomic mass is 10.1. The molecule has 1 aromatic heterocycles. The van der Waals surface area contributed by atoms with Gasteiger partial charge < -0.3 is 10.1 Å². The minimum absolute atomic E-state index is 0.254. The summed E-state index contributed by atoms with van der Waals surface area (Å²) in [5.41, 5.74) is 4.02. The average molecular weight is 344 g/mol. The third-order valence-electron chi connectivity index (χ3n) is 3.91. The van der Waals surface area contributed by atoms with Crippen LogP contribution in [0, 0.1) is 11.3 Å². The molecule has 0 saturated carbocycles. The van der Waals surface area contributed by atoms with Crippen molar-refractivity contribution in [2.75, 3.05) is 12.4 Å². The van der Waals surface area contributed by atoms with Gasteiger partial charge in [-0.25, -0.2) is 9.97 Å². The Morgan fingerprint density at radius 2 is 1.77 bits per heavy atom. The number of rotatable bonds is 5. The first-order valence-corrected chi connectivity index (χ1v) is 8.39. The molecular formula is C21H20N4O. The van der Waals surface area contributed by atoms with E-state index in [1.54, 1.807) is 19.5 Å². The Morgan fingerprint density at radius 1 is 1.04 bits per heavy atom. The van der Waals surface area contributed by atoms with Crippen LogP contribution in [0.5, 0.6) is 5.75 Å². The highest BCUT2D eigenvalue weighted by atomic mass is 16.5. The molecule has 0 spiro atoms. The summed E-state index contributed by atoms with van der Waals surface area (Å²) >= 11 is 0. The Labute approximate surface area is 153 Å². The van der Waals surface area contributed by atoms with Gasteiger partial charge >= 0.3 is 0 Å². The number of nitriles is 1. The zero-order valence-corrected chi connectivity index (χ0v) is 15.0. The zero-order valence-electron chi connectivity index (χ0n) is 15.0. The monoisotopic (exact) mass is 344 g/mol. The first kappa shape index (κ1) is 17.4. The van der Waals surface area contributed by atoms with Gasteiger partial charge in [-0.1, -0.05) is 18.2 Å². The van der Waals surface area contributed by atoms with Gasteiger partial charge in [0.2, 0.25) is 0 Å². The van der Waals surface area contributed by atoms with Crippen molar-refractivity contribution in [2.45, 2.75) is 19.9 Å². The standard InChI is InChI=1S/C21H20N4O/c1-14(2)25-19-9-8-15(10-16(19)11-22)21-23-12-17(13-24-21)18-6-4-5-7-20(18)26-3/h4-10,12-14,25H,1-3H3. The van der Waals surface area contributed by atoms with Gasteiger partial charge in [-0.3, -0.25) is 0 Å². The Bertz CT molecular complexity index is 943. The molecule has 130 valence electrons. The number of aromatic nitrogens is 2. The second-order valence-corrected chi connectivity index (χ2v) is 6.17. The molecule has 5 heteroatoms. The number of hydrogen-bond acceptors (Lipinski definition) is 5. The van der Waals surface area contributed by atoms with Crippen LogP contribution in [0.25, 0.3) is 22.5 Å². The van der Waals surface area contributed by atoms with E-state index >= 15 is 0 Å². The van der Waals surface area contributed by atoms with Gasteiger partial charge in [0.25, 0.3) is 0 Å². The van der Waals surface area contributed by atoms with Crippen molar-refractivity contribution in [3.63, 3.8) is 0 Å². The molecule has 0 aliphatic rings. The SMILES string of the molecule is COc1ccccc1-c1cnc(-c2ccc(NC(C)C)c(C#N)c2)nc1. The van der Waals surface area contributed by atoms with E-state index < -0.39 is 0 Å². The van der Waals surface area contributed by atoms with Crippen molar-refractivity contribution in [1.82, 2.24) is 9.97 Å². The molecular weight excluding hydrogens is 324 g/mol. The van der Waals surface area contributed by atoms with Gasteiger partial charge in [0.05, 0.1) is 18.4 Å². The van der Waals surface area contributed by atoms with Gasteiger partial charge in [-0.15, -0.1) is 0 Å². The van der Waals surface area contributed by atoms with Crippen LogP contribution >= 0.6 is 0 Å². The van der Waals surface area contributed by atoms with E-state index in [-0.39, 0.29) is 6.04 Å². The molecule has 1 N–H and O–H groups in total. The second kappa shape index (κ2) is 7.66. The van der Waals surface area contributed by atoms with Crippen molar-refractivity contribution in [3.8, 4) is 34.3 Å². The van der Waals surface area contributed by atoms with Crippen LogP contribution in [0.15, 0.2) is 54.9 Å². The molecule has 26 heavy (non-hydrogen) atoms. The summed E-state index contributed by atoms with van der Waals surface area (Å²) in [6.07, 6.45) is 3.54. The summed E-state index contributed by atoms with van der Waals surface area (Å²) in [6, 6.07) is 15.9. The predicted molar refractivity (Wildman–Crippen MR) is 103 cm³/mol. The Morgan fingerprint density at radius 3 is 2.42 bits per heavy atom. The van der Waals surface area contributed by atoms with Crippen molar-refractivity contribution >= 4 is 5.69 Å². The lowest BCUT2D eigenvalue weighted by Crippen LogP contribution is -2.10. The van der Waals surface area contributed by atoms with Crippen LogP contribution in [0.2, 0.25) is 0 Å². The maximum absolute atomic E-state index is 9.41. The van der Waals surface area contributed by atoms with Gasteiger partial charge in [-0.2, -0.15) is 5.26 Å². The number of methoxy groups -OCH3 is 1. The van der Waals surface area contributed by atoms with E-state index in [0.717, 1.165) is 28.1 Å². The van der Waals surface area contributed by atoms with Crippen molar-refractivity contribution < 1.29 is 4.74 Å². The highest BCUT2D eigenvalue weighted by Gasteiger charge is 2.10.